The highest BCUT2D eigenvalue weighted by atomic mass is 32.2. The van der Waals surface area contributed by atoms with Crippen LogP contribution in [0.5, 0.6) is 0 Å². The van der Waals surface area contributed by atoms with E-state index in [0.717, 1.165) is 11.1 Å². The van der Waals surface area contributed by atoms with Crippen LogP contribution in [-0.2, 0) is 14.8 Å². The van der Waals surface area contributed by atoms with Crippen molar-refractivity contribution >= 4 is 27.3 Å². The Balaban J connectivity index is 1.88. The van der Waals surface area contributed by atoms with Crippen LogP contribution < -0.4 is 10.0 Å². The Morgan fingerprint density at radius 2 is 2.24 bits per heavy atom. The zero-order chi connectivity index (χ0) is 15.5. The number of sulfonamides is 1. The molecule has 1 heterocycles. The number of carbonyl (C=O) groups excluding carboxylic acids is 1. The van der Waals surface area contributed by atoms with Crippen molar-refractivity contribution in [1.29, 1.82) is 0 Å². The van der Waals surface area contributed by atoms with Gasteiger partial charge >= 0.3 is 0 Å². The third kappa shape index (κ3) is 5.06. The van der Waals surface area contributed by atoms with Gasteiger partial charge in [-0.1, -0.05) is 6.07 Å². The van der Waals surface area contributed by atoms with E-state index in [1.165, 1.54) is 0 Å². The van der Waals surface area contributed by atoms with Crippen LogP contribution in [0.2, 0.25) is 0 Å². The highest BCUT2D eigenvalue weighted by Crippen LogP contribution is 2.39. The van der Waals surface area contributed by atoms with E-state index in [0.29, 0.717) is 12.8 Å². The van der Waals surface area contributed by atoms with Crippen molar-refractivity contribution in [1.82, 2.24) is 10.0 Å². The summed E-state index contributed by atoms with van der Waals surface area (Å²) >= 11 is 1.57. The summed E-state index contributed by atoms with van der Waals surface area (Å²) in [6.07, 6.45) is 2.26. The molecule has 1 atom stereocenters. The molecule has 1 saturated carbocycles. The SMILES string of the molecule is CS(=O)(=O)NCCC(=O)N[C@@H](c1cccs1)C1CC(O)C1. The first-order valence-corrected chi connectivity index (χ1v) is 9.58. The Labute approximate surface area is 128 Å². The average molecular weight is 332 g/mol. The van der Waals surface area contributed by atoms with E-state index in [-0.39, 0.29) is 36.9 Å². The molecule has 6 nitrogen and oxygen atoms in total. The molecule has 1 aliphatic rings. The van der Waals surface area contributed by atoms with Gasteiger partial charge in [-0.05, 0) is 30.2 Å². The highest BCUT2D eigenvalue weighted by Gasteiger charge is 2.36. The predicted octanol–water partition coefficient (Wildman–Crippen LogP) is 0.616. The molecule has 0 bridgehead atoms. The minimum atomic E-state index is -3.27. The molecule has 3 N–H and O–H groups in total. The van der Waals surface area contributed by atoms with Gasteiger partial charge < -0.3 is 10.4 Å². The number of rotatable bonds is 7. The highest BCUT2D eigenvalue weighted by molar-refractivity contribution is 7.88. The first-order valence-electron chi connectivity index (χ1n) is 6.80. The summed E-state index contributed by atoms with van der Waals surface area (Å²) in [6.45, 7) is 0.0924. The molecule has 0 unspecified atom stereocenters. The van der Waals surface area contributed by atoms with Crippen molar-refractivity contribution in [3.63, 3.8) is 0 Å². The summed E-state index contributed by atoms with van der Waals surface area (Å²) in [7, 11) is -3.27. The third-order valence-corrected chi connectivity index (χ3v) is 5.19. The van der Waals surface area contributed by atoms with E-state index in [1.807, 2.05) is 17.5 Å². The van der Waals surface area contributed by atoms with Crippen LogP contribution in [0.25, 0.3) is 0 Å². The maximum absolute atomic E-state index is 12.0. The Bertz CT molecular complexity index is 565. The molecule has 2 rings (SSSR count). The molecule has 0 radical (unpaired) electrons. The number of amides is 1. The fourth-order valence-corrected chi connectivity index (χ4v) is 3.73. The quantitative estimate of drug-likeness (QED) is 0.682. The standard InChI is InChI=1S/C13H20N2O4S2/c1-21(18,19)14-5-4-12(17)15-13(9-7-10(16)8-9)11-3-2-6-20-11/h2-3,6,9-10,13-14,16H,4-5,7-8H2,1H3,(H,15,17)/t9?,10?,13-/m1/s1. The third-order valence-electron chi connectivity index (χ3n) is 3.50. The number of hydrogen-bond acceptors (Lipinski definition) is 5. The molecule has 1 amide bonds. The van der Waals surface area contributed by atoms with Crippen molar-refractivity contribution in [3.8, 4) is 0 Å². The number of carbonyl (C=O) groups is 1. The lowest BCUT2D eigenvalue weighted by atomic mass is 9.76. The topological polar surface area (TPSA) is 95.5 Å². The fourth-order valence-electron chi connectivity index (χ4n) is 2.39. The van der Waals surface area contributed by atoms with Crippen LogP contribution in [-0.4, -0.2) is 38.3 Å². The summed E-state index contributed by atoms with van der Waals surface area (Å²) in [4.78, 5) is 13.0. The lowest BCUT2D eigenvalue weighted by Crippen LogP contribution is -2.41. The molecule has 0 aromatic carbocycles. The minimum absolute atomic E-state index is 0.0924. The van der Waals surface area contributed by atoms with Crippen molar-refractivity contribution < 1.29 is 18.3 Å². The molecule has 1 aromatic rings. The largest absolute Gasteiger partial charge is 0.393 e. The van der Waals surface area contributed by atoms with E-state index in [4.69, 9.17) is 0 Å². The van der Waals surface area contributed by atoms with Gasteiger partial charge in [0.15, 0.2) is 0 Å². The van der Waals surface area contributed by atoms with Crippen molar-refractivity contribution in [2.24, 2.45) is 5.92 Å². The summed E-state index contributed by atoms with van der Waals surface area (Å²) in [5.41, 5.74) is 0. The van der Waals surface area contributed by atoms with Gasteiger partial charge in [-0.2, -0.15) is 0 Å². The molecule has 21 heavy (non-hydrogen) atoms. The monoisotopic (exact) mass is 332 g/mol. The number of thiophene rings is 1. The molecule has 0 spiro atoms. The molecule has 0 aliphatic heterocycles. The number of aliphatic hydroxyl groups excluding tert-OH is 1. The maximum Gasteiger partial charge on any atom is 0.221 e. The molecule has 1 aliphatic carbocycles. The Morgan fingerprint density at radius 3 is 2.76 bits per heavy atom. The normalized spacial score (nSPS) is 23.3. The summed E-state index contributed by atoms with van der Waals surface area (Å²) in [6, 6.07) is 3.80. The van der Waals surface area contributed by atoms with E-state index in [9.17, 15) is 18.3 Å². The number of nitrogens with one attached hydrogen (secondary N) is 2. The van der Waals surface area contributed by atoms with Crippen LogP contribution >= 0.6 is 11.3 Å². The van der Waals surface area contributed by atoms with Crippen LogP contribution in [0.3, 0.4) is 0 Å². The fraction of sp³-hybridized carbons (Fsp3) is 0.615. The first kappa shape index (κ1) is 16.4. The molecule has 8 heteroatoms. The second-order valence-corrected chi connectivity index (χ2v) is 8.17. The van der Waals surface area contributed by atoms with E-state index in [1.54, 1.807) is 11.3 Å². The van der Waals surface area contributed by atoms with Crippen LogP contribution in [0.1, 0.15) is 30.2 Å². The minimum Gasteiger partial charge on any atom is -0.393 e. The van der Waals surface area contributed by atoms with Gasteiger partial charge in [0.2, 0.25) is 15.9 Å². The molecular weight excluding hydrogens is 312 g/mol. The molecule has 1 aromatic heterocycles. The zero-order valence-corrected chi connectivity index (χ0v) is 13.4. The van der Waals surface area contributed by atoms with Crippen molar-refractivity contribution in [2.75, 3.05) is 12.8 Å². The van der Waals surface area contributed by atoms with Gasteiger partial charge in [-0.15, -0.1) is 11.3 Å². The van der Waals surface area contributed by atoms with Crippen LogP contribution in [0.4, 0.5) is 0 Å². The molecule has 0 saturated heterocycles. The summed E-state index contributed by atoms with van der Waals surface area (Å²) < 4.78 is 24.2. The lowest BCUT2D eigenvalue weighted by Gasteiger charge is -2.37. The smallest absolute Gasteiger partial charge is 0.221 e. The summed E-state index contributed by atoms with van der Waals surface area (Å²) in [5.74, 6) is 0.0522. The van der Waals surface area contributed by atoms with Crippen LogP contribution in [0, 0.1) is 5.92 Å². The van der Waals surface area contributed by atoms with E-state index >= 15 is 0 Å². The molecular formula is C13H20N2O4S2. The lowest BCUT2D eigenvalue weighted by molar-refractivity contribution is -0.122. The van der Waals surface area contributed by atoms with Crippen LogP contribution in [0.15, 0.2) is 17.5 Å². The van der Waals surface area contributed by atoms with Gasteiger partial charge in [-0.3, -0.25) is 4.79 Å². The van der Waals surface area contributed by atoms with E-state index in [2.05, 4.69) is 10.0 Å². The molecule has 118 valence electrons. The number of hydrogen-bond donors (Lipinski definition) is 3. The second-order valence-electron chi connectivity index (χ2n) is 5.36. The van der Waals surface area contributed by atoms with Gasteiger partial charge in [0, 0.05) is 17.8 Å². The Morgan fingerprint density at radius 1 is 1.52 bits per heavy atom. The molecule has 1 fully saturated rings. The predicted molar refractivity (Wildman–Crippen MR) is 81.4 cm³/mol. The van der Waals surface area contributed by atoms with Gasteiger partial charge in [-0.25, -0.2) is 13.1 Å². The van der Waals surface area contributed by atoms with Gasteiger partial charge in [0.05, 0.1) is 18.4 Å². The zero-order valence-electron chi connectivity index (χ0n) is 11.8. The number of aliphatic hydroxyl groups is 1. The van der Waals surface area contributed by atoms with Crippen molar-refractivity contribution in [3.05, 3.63) is 22.4 Å². The average Bonchev–Trinajstić information content (AvgIpc) is 2.84. The van der Waals surface area contributed by atoms with E-state index < -0.39 is 10.0 Å². The van der Waals surface area contributed by atoms with Gasteiger partial charge in [0.25, 0.3) is 0 Å². The van der Waals surface area contributed by atoms with Crippen molar-refractivity contribution in [2.45, 2.75) is 31.4 Å². The summed E-state index contributed by atoms with van der Waals surface area (Å²) in [5, 5.41) is 14.4. The Hall–Kier alpha value is -0.960. The first-order chi connectivity index (χ1) is 9.85. The van der Waals surface area contributed by atoms with Gasteiger partial charge in [0.1, 0.15) is 0 Å². The Kier molecular flexibility index (Phi) is 5.37. The second kappa shape index (κ2) is 6.87. The maximum atomic E-state index is 12.0.